The molecule has 18 heavy (non-hydrogen) atoms. The Balaban J connectivity index is 3.05. The van der Waals surface area contributed by atoms with Crippen molar-refractivity contribution in [2.24, 2.45) is 11.1 Å². The second-order valence-electron chi connectivity index (χ2n) is 5.37. The third-order valence-electron chi connectivity index (χ3n) is 3.43. The first-order valence-electron chi connectivity index (χ1n) is 6.57. The van der Waals surface area contributed by atoms with E-state index >= 15 is 0 Å². The highest BCUT2D eigenvalue weighted by Gasteiger charge is 2.28. The summed E-state index contributed by atoms with van der Waals surface area (Å²) in [6, 6.07) is 6.60. The van der Waals surface area contributed by atoms with Crippen molar-refractivity contribution in [2.45, 2.75) is 33.7 Å². The molecule has 0 aliphatic rings. The van der Waals surface area contributed by atoms with Crippen LogP contribution in [-0.2, 0) is 0 Å². The molecule has 1 atom stereocenters. The average molecular weight is 250 g/mol. The van der Waals surface area contributed by atoms with Gasteiger partial charge in [0.2, 0.25) is 0 Å². The largest absolute Gasteiger partial charge is 0.494 e. The number of nitrogens with two attached hydrogens (primary N) is 1. The fraction of sp³-hybridized carbons (Fsp3) is 0.600. The topological polar surface area (TPSA) is 47.3 Å². The van der Waals surface area contributed by atoms with E-state index in [0.717, 1.165) is 5.75 Å². The lowest BCUT2D eigenvalue weighted by molar-refractivity contribution is 0.265. The summed E-state index contributed by atoms with van der Waals surface area (Å²) < 4.78 is 5.57. The van der Waals surface area contributed by atoms with Crippen LogP contribution in [0.15, 0.2) is 18.2 Å². The van der Waals surface area contributed by atoms with Gasteiger partial charge in [0, 0.05) is 6.04 Å². The summed E-state index contributed by atoms with van der Waals surface area (Å²) in [6.07, 6.45) is 0. The molecule has 0 radical (unpaired) electrons. The van der Waals surface area contributed by atoms with Crippen LogP contribution in [0.1, 0.15) is 37.9 Å². The average Bonchev–Trinajstić information content (AvgIpc) is 2.33. The smallest absolute Gasteiger partial charge is 0.122 e. The van der Waals surface area contributed by atoms with Crippen molar-refractivity contribution in [1.82, 2.24) is 5.32 Å². The third kappa shape index (κ3) is 3.24. The van der Waals surface area contributed by atoms with Crippen LogP contribution >= 0.6 is 0 Å². The first-order valence-corrected chi connectivity index (χ1v) is 6.57. The molecule has 3 nitrogen and oxygen atoms in total. The zero-order valence-electron chi connectivity index (χ0n) is 12.2. The van der Waals surface area contributed by atoms with Gasteiger partial charge in [0.1, 0.15) is 5.75 Å². The molecule has 0 fully saturated rings. The standard InChI is InChI=1S/C15H26N2O/c1-6-18-13-8-7-12(9-11(13)2)14(17-5)15(3,4)10-16/h7-9,14,17H,6,10,16H2,1-5H3. The molecule has 0 bridgehead atoms. The highest BCUT2D eigenvalue weighted by molar-refractivity contribution is 5.38. The van der Waals surface area contributed by atoms with Gasteiger partial charge in [-0.2, -0.15) is 0 Å². The molecule has 3 heteroatoms. The summed E-state index contributed by atoms with van der Waals surface area (Å²) in [5.74, 6) is 0.960. The van der Waals surface area contributed by atoms with E-state index in [1.165, 1.54) is 11.1 Å². The Labute approximate surface area is 111 Å². The minimum absolute atomic E-state index is 0.0221. The predicted octanol–water partition coefficient (Wildman–Crippen LogP) is 2.64. The SMILES string of the molecule is CCOc1ccc(C(NC)C(C)(C)CN)cc1C. The summed E-state index contributed by atoms with van der Waals surface area (Å²) in [6.45, 7) is 9.78. The maximum absolute atomic E-state index is 5.87. The molecule has 3 N–H and O–H groups in total. The van der Waals surface area contributed by atoms with E-state index < -0.39 is 0 Å². The molecule has 0 aliphatic carbocycles. The Kier molecular flexibility index (Phi) is 5.17. The van der Waals surface area contributed by atoms with Crippen LogP contribution in [0.25, 0.3) is 0 Å². The molecule has 0 aromatic heterocycles. The second kappa shape index (κ2) is 6.21. The molecule has 1 aromatic carbocycles. The van der Waals surface area contributed by atoms with Crippen LogP contribution in [0, 0.1) is 12.3 Å². The maximum atomic E-state index is 5.87. The molecular formula is C15H26N2O. The predicted molar refractivity (Wildman–Crippen MR) is 77.0 cm³/mol. The van der Waals surface area contributed by atoms with Gasteiger partial charge in [-0.1, -0.05) is 26.0 Å². The Bertz CT molecular complexity index is 388. The zero-order chi connectivity index (χ0) is 13.8. The van der Waals surface area contributed by atoms with Gasteiger partial charge < -0.3 is 15.8 Å². The van der Waals surface area contributed by atoms with E-state index in [1.54, 1.807) is 0 Å². The number of rotatable bonds is 6. The summed E-state index contributed by atoms with van der Waals surface area (Å²) in [7, 11) is 1.98. The molecule has 0 amide bonds. The van der Waals surface area contributed by atoms with Crippen LogP contribution in [0.3, 0.4) is 0 Å². The van der Waals surface area contributed by atoms with Gasteiger partial charge in [-0.3, -0.25) is 0 Å². The van der Waals surface area contributed by atoms with Gasteiger partial charge in [-0.05, 0) is 50.0 Å². The Morgan fingerprint density at radius 1 is 1.39 bits per heavy atom. The van der Waals surface area contributed by atoms with E-state index in [-0.39, 0.29) is 11.5 Å². The van der Waals surface area contributed by atoms with Crippen LogP contribution < -0.4 is 15.8 Å². The van der Waals surface area contributed by atoms with Crippen LogP contribution in [-0.4, -0.2) is 20.2 Å². The lowest BCUT2D eigenvalue weighted by Crippen LogP contribution is -2.37. The Morgan fingerprint density at radius 3 is 2.50 bits per heavy atom. The van der Waals surface area contributed by atoms with Crippen molar-refractivity contribution >= 4 is 0 Å². The van der Waals surface area contributed by atoms with Gasteiger partial charge in [-0.25, -0.2) is 0 Å². The minimum Gasteiger partial charge on any atom is -0.494 e. The molecule has 1 unspecified atom stereocenters. The van der Waals surface area contributed by atoms with Gasteiger partial charge in [-0.15, -0.1) is 0 Å². The van der Waals surface area contributed by atoms with Crippen molar-refractivity contribution in [2.75, 3.05) is 20.2 Å². The molecular weight excluding hydrogens is 224 g/mol. The monoisotopic (exact) mass is 250 g/mol. The molecule has 0 saturated heterocycles. The van der Waals surface area contributed by atoms with Crippen molar-refractivity contribution in [1.29, 1.82) is 0 Å². The molecule has 0 aliphatic heterocycles. The molecule has 1 rings (SSSR count). The molecule has 0 saturated carbocycles. The lowest BCUT2D eigenvalue weighted by atomic mass is 9.80. The van der Waals surface area contributed by atoms with Crippen LogP contribution in [0.5, 0.6) is 5.75 Å². The summed E-state index contributed by atoms with van der Waals surface area (Å²) >= 11 is 0. The lowest BCUT2D eigenvalue weighted by Gasteiger charge is -2.33. The molecule has 0 spiro atoms. The zero-order valence-corrected chi connectivity index (χ0v) is 12.2. The highest BCUT2D eigenvalue weighted by atomic mass is 16.5. The highest BCUT2D eigenvalue weighted by Crippen LogP contribution is 2.33. The number of hydrogen-bond acceptors (Lipinski definition) is 3. The van der Waals surface area contributed by atoms with E-state index in [0.29, 0.717) is 13.2 Å². The first-order chi connectivity index (χ1) is 8.46. The molecule has 1 aromatic rings. The van der Waals surface area contributed by atoms with Crippen molar-refractivity contribution < 1.29 is 4.74 Å². The minimum atomic E-state index is 0.0221. The fourth-order valence-corrected chi connectivity index (χ4v) is 2.30. The number of hydrogen-bond donors (Lipinski definition) is 2. The Hall–Kier alpha value is -1.06. The summed E-state index contributed by atoms with van der Waals surface area (Å²) in [5, 5.41) is 3.37. The van der Waals surface area contributed by atoms with Crippen molar-refractivity contribution in [3.63, 3.8) is 0 Å². The van der Waals surface area contributed by atoms with Crippen LogP contribution in [0.2, 0.25) is 0 Å². The number of nitrogens with one attached hydrogen (secondary N) is 1. The van der Waals surface area contributed by atoms with Crippen molar-refractivity contribution in [3.8, 4) is 5.75 Å². The molecule has 102 valence electrons. The fourth-order valence-electron chi connectivity index (χ4n) is 2.30. The van der Waals surface area contributed by atoms with E-state index in [2.05, 4.69) is 38.2 Å². The third-order valence-corrected chi connectivity index (χ3v) is 3.43. The maximum Gasteiger partial charge on any atom is 0.122 e. The summed E-state index contributed by atoms with van der Waals surface area (Å²) in [5.41, 5.74) is 8.32. The van der Waals surface area contributed by atoms with E-state index in [1.807, 2.05) is 20.0 Å². The first kappa shape index (κ1) is 15.0. The summed E-state index contributed by atoms with van der Waals surface area (Å²) in [4.78, 5) is 0. The number of aryl methyl sites for hydroxylation is 1. The van der Waals surface area contributed by atoms with Gasteiger partial charge >= 0.3 is 0 Å². The van der Waals surface area contributed by atoms with Crippen molar-refractivity contribution in [3.05, 3.63) is 29.3 Å². The van der Waals surface area contributed by atoms with Gasteiger partial charge in [0.15, 0.2) is 0 Å². The normalized spacial score (nSPS) is 13.4. The van der Waals surface area contributed by atoms with Gasteiger partial charge in [0.25, 0.3) is 0 Å². The Morgan fingerprint density at radius 2 is 2.06 bits per heavy atom. The van der Waals surface area contributed by atoms with Gasteiger partial charge in [0.05, 0.1) is 6.61 Å². The number of benzene rings is 1. The van der Waals surface area contributed by atoms with E-state index in [9.17, 15) is 0 Å². The quantitative estimate of drug-likeness (QED) is 0.816. The number of ether oxygens (including phenoxy) is 1. The molecule has 0 heterocycles. The second-order valence-corrected chi connectivity index (χ2v) is 5.37. The van der Waals surface area contributed by atoms with Crippen LogP contribution in [0.4, 0.5) is 0 Å². The van der Waals surface area contributed by atoms with E-state index in [4.69, 9.17) is 10.5 Å².